The van der Waals surface area contributed by atoms with E-state index >= 15 is 0 Å². The number of hydrogen-bond acceptors (Lipinski definition) is 5. The molecule has 0 unspecified atom stereocenters. The number of ketones is 1. The summed E-state index contributed by atoms with van der Waals surface area (Å²) in [6.45, 7) is 0.837. The third-order valence-electron chi connectivity index (χ3n) is 4.58. The van der Waals surface area contributed by atoms with E-state index < -0.39 is 0 Å². The van der Waals surface area contributed by atoms with Gasteiger partial charge in [-0.1, -0.05) is 41.6 Å². The van der Waals surface area contributed by atoms with Crippen LogP contribution in [0.5, 0.6) is 0 Å². The van der Waals surface area contributed by atoms with Gasteiger partial charge in [-0.2, -0.15) is 0 Å². The molecule has 1 aliphatic carbocycles. The minimum atomic E-state index is -0.287. The van der Waals surface area contributed by atoms with Crippen molar-refractivity contribution in [2.45, 2.75) is 6.61 Å². The SMILES string of the molecule is CN1CN(C)C2=C1C(=O)c1ccccc1/C2=N/OCc1ccc(F)cc1. The smallest absolute Gasteiger partial charge is 0.211 e. The van der Waals surface area contributed by atoms with E-state index in [4.69, 9.17) is 4.84 Å². The fourth-order valence-corrected chi connectivity index (χ4v) is 3.38. The molecular weight excluding hydrogens is 333 g/mol. The number of oxime groups is 1. The Hall–Kier alpha value is -3.15. The van der Waals surface area contributed by atoms with E-state index in [2.05, 4.69) is 5.16 Å². The van der Waals surface area contributed by atoms with Crippen LogP contribution in [0.3, 0.4) is 0 Å². The predicted molar refractivity (Wildman–Crippen MR) is 95.9 cm³/mol. The molecule has 1 heterocycles. The lowest BCUT2D eigenvalue weighted by molar-refractivity contribution is 0.1000. The van der Waals surface area contributed by atoms with Crippen LogP contribution in [-0.2, 0) is 11.4 Å². The zero-order valence-corrected chi connectivity index (χ0v) is 14.6. The van der Waals surface area contributed by atoms with E-state index in [1.165, 1.54) is 12.1 Å². The van der Waals surface area contributed by atoms with Gasteiger partial charge in [-0.15, -0.1) is 0 Å². The number of likely N-dealkylation sites (N-methyl/N-ethyl adjacent to an activating group) is 2. The number of carbonyl (C=O) groups excluding carboxylic acids is 1. The number of benzene rings is 2. The highest BCUT2D eigenvalue weighted by molar-refractivity contribution is 6.28. The maximum atomic E-state index is 13.0. The van der Waals surface area contributed by atoms with Crippen LogP contribution >= 0.6 is 0 Å². The number of carbonyl (C=O) groups is 1. The number of allylic oxidation sites excluding steroid dienone is 2. The third-order valence-corrected chi connectivity index (χ3v) is 4.58. The molecule has 5 nitrogen and oxygen atoms in total. The summed E-state index contributed by atoms with van der Waals surface area (Å²) in [5.74, 6) is -0.287. The molecule has 2 aromatic rings. The Morgan fingerprint density at radius 3 is 2.38 bits per heavy atom. The van der Waals surface area contributed by atoms with Gasteiger partial charge in [0.05, 0.1) is 12.4 Å². The third kappa shape index (κ3) is 2.63. The maximum absolute atomic E-state index is 13.0. The van der Waals surface area contributed by atoms with E-state index in [-0.39, 0.29) is 18.2 Å². The van der Waals surface area contributed by atoms with E-state index in [1.807, 2.05) is 48.2 Å². The summed E-state index contributed by atoms with van der Waals surface area (Å²) in [4.78, 5) is 22.3. The molecule has 26 heavy (non-hydrogen) atoms. The summed E-state index contributed by atoms with van der Waals surface area (Å²) >= 11 is 0. The largest absolute Gasteiger partial charge is 0.390 e. The Bertz CT molecular complexity index is 934. The molecule has 0 radical (unpaired) electrons. The Balaban J connectivity index is 1.71. The van der Waals surface area contributed by atoms with Gasteiger partial charge in [0.15, 0.2) is 0 Å². The first-order valence-electron chi connectivity index (χ1n) is 8.31. The van der Waals surface area contributed by atoms with Gasteiger partial charge in [-0.05, 0) is 17.7 Å². The van der Waals surface area contributed by atoms with Gasteiger partial charge in [-0.25, -0.2) is 4.39 Å². The molecule has 2 aliphatic rings. The van der Waals surface area contributed by atoms with Gasteiger partial charge in [0.2, 0.25) is 5.78 Å². The number of hydrogen-bond donors (Lipinski definition) is 0. The second-order valence-corrected chi connectivity index (χ2v) is 6.45. The molecule has 1 aliphatic heterocycles. The van der Waals surface area contributed by atoms with Crippen LogP contribution in [0, 0.1) is 5.82 Å². The van der Waals surface area contributed by atoms with Crippen LogP contribution in [0.2, 0.25) is 0 Å². The minimum Gasteiger partial charge on any atom is -0.390 e. The van der Waals surface area contributed by atoms with Gasteiger partial charge >= 0.3 is 0 Å². The van der Waals surface area contributed by atoms with Crippen LogP contribution < -0.4 is 0 Å². The minimum absolute atomic E-state index is 0.0000606. The second-order valence-electron chi connectivity index (χ2n) is 6.45. The van der Waals surface area contributed by atoms with Crippen molar-refractivity contribution < 1.29 is 14.0 Å². The van der Waals surface area contributed by atoms with Gasteiger partial charge in [0, 0.05) is 25.2 Å². The highest BCUT2D eigenvalue weighted by Crippen LogP contribution is 2.33. The summed E-state index contributed by atoms with van der Waals surface area (Å²) in [6, 6.07) is 13.5. The van der Waals surface area contributed by atoms with E-state index in [1.54, 1.807) is 12.1 Å². The van der Waals surface area contributed by atoms with Gasteiger partial charge < -0.3 is 14.6 Å². The van der Waals surface area contributed by atoms with Crippen molar-refractivity contribution in [2.75, 3.05) is 20.8 Å². The second kappa shape index (κ2) is 6.29. The molecule has 132 valence electrons. The van der Waals surface area contributed by atoms with Crippen LogP contribution in [0.15, 0.2) is 65.1 Å². The Morgan fingerprint density at radius 1 is 1.00 bits per heavy atom. The van der Waals surface area contributed by atoms with Gasteiger partial charge in [-0.3, -0.25) is 4.79 Å². The molecule has 0 spiro atoms. The molecule has 0 saturated heterocycles. The monoisotopic (exact) mass is 351 g/mol. The zero-order valence-electron chi connectivity index (χ0n) is 14.6. The first-order chi connectivity index (χ1) is 12.6. The average molecular weight is 351 g/mol. The van der Waals surface area contributed by atoms with Gasteiger partial charge in [0.1, 0.15) is 23.8 Å². The topological polar surface area (TPSA) is 45.1 Å². The van der Waals surface area contributed by atoms with E-state index in [9.17, 15) is 9.18 Å². The van der Waals surface area contributed by atoms with Crippen molar-refractivity contribution in [2.24, 2.45) is 5.16 Å². The lowest BCUT2D eigenvalue weighted by atomic mass is 9.90. The lowest BCUT2D eigenvalue weighted by Crippen LogP contribution is -2.27. The molecule has 4 rings (SSSR count). The van der Waals surface area contributed by atoms with E-state index in [0.717, 1.165) is 16.8 Å². The molecule has 0 atom stereocenters. The lowest BCUT2D eigenvalue weighted by Gasteiger charge is -2.22. The first kappa shape index (κ1) is 16.3. The fraction of sp³-hybridized carbons (Fsp3) is 0.200. The fourth-order valence-electron chi connectivity index (χ4n) is 3.38. The number of fused-ring (bicyclic) bond motifs is 1. The summed E-state index contributed by atoms with van der Waals surface area (Å²) in [7, 11) is 3.82. The van der Waals surface area contributed by atoms with Crippen molar-refractivity contribution in [1.82, 2.24) is 9.80 Å². The molecule has 0 N–H and O–H groups in total. The molecule has 0 amide bonds. The van der Waals surface area contributed by atoms with Crippen molar-refractivity contribution in [3.8, 4) is 0 Å². The first-order valence-corrected chi connectivity index (χ1v) is 8.31. The summed E-state index contributed by atoms with van der Waals surface area (Å²) in [5, 5.41) is 4.35. The van der Waals surface area contributed by atoms with Crippen LogP contribution in [0.4, 0.5) is 4.39 Å². The number of nitrogens with zero attached hydrogens (tertiary/aromatic N) is 3. The molecule has 6 heteroatoms. The summed E-state index contributed by atoms with van der Waals surface area (Å²) in [5.41, 5.74) is 4.26. The molecule has 0 aromatic heterocycles. The Morgan fingerprint density at radius 2 is 1.65 bits per heavy atom. The van der Waals surface area contributed by atoms with E-state index in [0.29, 0.717) is 23.6 Å². The van der Waals surface area contributed by atoms with Crippen LogP contribution in [0.25, 0.3) is 0 Å². The van der Waals surface area contributed by atoms with Crippen LogP contribution in [-0.4, -0.2) is 42.1 Å². The van der Waals surface area contributed by atoms with Crippen LogP contribution in [0.1, 0.15) is 21.5 Å². The predicted octanol–water partition coefficient (Wildman–Crippen LogP) is 2.99. The van der Waals surface area contributed by atoms with Crippen molar-refractivity contribution in [1.29, 1.82) is 0 Å². The van der Waals surface area contributed by atoms with Crippen molar-refractivity contribution in [3.05, 3.63) is 82.4 Å². The molecular formula is C20H18FN3O2. The summed E-state index contributed by atoms with van der Waals surface area (Å²) < 4.78 is 13.0. The highest BCUT2D eigenvalue weighted by atomic mass is 19.1. The Labute approximate surface area is 151 Å². The molecule has 0 fully saturated rings. The molecule has 0 saturated carbocycles. The molecule has 2 aromatic carbocycles. The van der Waals surface area contributed by atoms with Crippen molar-refractivity contribution >= 4 is 11.5 Å². The summed E-state index contributed by atoms with van der Waals surface area (Å²) in [6.07, 6.45) is 0. The highest BCUT2D eigenvalue weighted by Gasteiger charge is 2.39. The van der Waals surface area contributed by atoms with Gasteiger partial charge in [0.25, 0.3) is 0 Å². The normalized spacial score (nSPS) is 17.7. The maximum Gasteiger partial charge on any atom is 0.211 e. The van der Waals surface area contributed by atoms with Crippen molar-refractivity contribution in [3.63, 3.8) is 0 Å². The number of Topliss-reactive ketones (excluding diaryl/α,β-unsaturated/α-hetero) is 1. The standard InChI is InChI=1S/C20H18FN3O2/c1-23-12-24(2)19-18(23)17(15-5-3-4-6-16(15)20(19)25)22-26-11-13-7-9-14(21)10-8-13/h3-10H,11-12H2,1-2H3/b22-17-. The Kier molecular flexibility index (Phi) is 3.95. The number of rotatable bonds is 3. The average Bonchev–Trinajstić information content (AvgIpc) is 2.94. The zero-order chi connectivity index (χ0) is 18.3. The quantitative estimate of drug-likeness (QED) is 0.798. The number of halogens is 1. The molecule has 0 bridgehead atoms.